The van der Waals surface area contributed by atoms with Crippen molar-refractivity contribution in [2.45, 2.75) is 6.42 Å². The summed E-state index contributed by atoms with van der Waals surface area (Å²) in [5.41, 5.74) is 2.34. The van der Waals surface area contributed by atoms with E-state index >= 15 is 0 Å². The second-order valence-electron chi connectivity index (χ2n) is 5.40. The Labute approximate surface area is 147 Å². The average Bonchev–Trinajstić information content (AvgIpc) is 2.97. The van der Waals surface area contributed by atoms with Crippen LogP contribution in [0.15, 0.2) is 42.6 Å². The number of hydrogen-bond donors (Lipinski definition) is 3. The monoisotopic (exact) mass is 359 g/mol. The van der Waals surface area contributed by atoms with Crippen molar-refractivity contribution >= 4 is 34.4 Å². The molecule has 0 saturated carbocycles. The summed E-state index contributed by atoms with van der Waals surface area (Å²) in [6.07, 6.45) is 1.36. The number of aliphatic carboxylic acids is 1. The summed E-state index contributed by atoms with van der Waals surface area (Å²) in [4.78, 5) is 24.7. The van der Waals surface area contributed by atoms with Crippen molar-refractivity contribution in [3.8, 4) is 16.9 Å². The minimum Gasteiger partial charge on any atom is -0.493 e. The summed E-state index contributed by atoms with van der Waals surface area (Å²) >= 11 is 6.32. The standard InChI is InChI=1S/C18H14ClNO5/c19-15-8-16-13(14(9-20-16)18(23)24)7-12(15)10-1-3-11(4-2-10)25-6-5-17(21)22/h1-4,7-9,20H,5-6H2,(H,21,22)(H,23,24). The van der Waals surface area contributed by atoms with Gasteiger partial charge in [-0.05, 0) is 29.8 Å². The molecule has 0 atom stereocenters. The number of hydrogen-bond acceptors (Lipinski definition) is 3. The molecule has 0 aliphatic heterocycles. The van der Waals surface area contributed by atoms with Crippen molar-refractivity contribution in [2.75, 3.05) is 6.61 Å². The molecule has 0 saturated heterocycles. The van der Waals surface area contributed by atoms with E-state index < -0.39 is 11.9 Å². The first-order valence-electron chi connectivity index (χ1n) is 7.44. The number of aromatic carboxylic acids is 1. The van der Waals surface area contributed by atoms with E-state index in [9.17, 15) is 14.7 Å². The number of aromatic amines is 1. The molecular weight excluding hydrogens is 346 g/mol. The zero-order valence-corrected chi connectivity index (χ0v) is 13.7. The van der Waals surface area contributed by atoms with Crippen molar-refractivity contribution in [1.82, 2.24) is 4.98 Å². The molecule has 25 heavy (non-hydrogen) atoms. The van der Waals surface area contributed by atoms with Crippen LogP contribution >= 0.6 is 11.6 Å². The third-order valence-electron chi connectivity index (χ3n) is 3.75. The number of fused-ring (bicyclic) bond motifs is 1. The molecule has 1 aromatic heterocycles. The summed E-state index contributed by atoms with van der Waals surface area (Å²) in [7, 11) is 0. The second kappa shape index (κ2) is 6.86. The van der Waals surface area contributed by atoms with Crippen molar-refractivity contribution in [3.05, 3.63) is 53.2 Å². The quantitative estimate of drug-likeness (QED) is 0.616. The van der Waals surface area contributed by atoms with Gasteiger partial charge >= 0.3 is 11.9 Å². The zero-order valence-electron chi connectivity index (χ0n) is 13.0. The van der Waals surface area contributed by atoms with Crippen LogP contribution in [0, 0.1) is 0 Å². The minimum absolute atomic E-state index is 0.0737. The molecule has 1 heterocycles. The first-order valence-corrected chi connectivity index (χ1v) is 7.82. The maximum Gasteiger partial charge on any atom is 0.337 e. The van der Waals surface area contributed by atoms with Gasteiger partial charge < -0.3 is 19.9 Å². The van der Waals surface area contributed by atoms with Gasteiger partial charge in [0.05, 0.1) is 23.6 Å². The number of halogens is 1. The van der Waals surface area contributed by atoms with Gasteiger partial charge in [0.15, 0.2) is 0 Å². The molecule has 0 fully saturated rings. The molecule has 3 N–H and O–H groups in total. The Balaban J connectivity index is 1.90. The van der Waals surface area contributed by atoms with Crippen molar-refractivity contribution in [3.63, 3.8) is 0 Å². The number of carbonyl (C=O) groups is 2. The van der Waals surface area contributed by atoms with E-state index in [2.05, 4.69) is 4.98 Å². The van der Waals surface area contributed by atoms with Crippen LogP contribution in [0.3, 0.4) is 0 Å². The third-order valence-corrected chi connectivity index (χ3v) is 4.06. The molecule has 2 aromatic carbocycles. The molecule has 0 radical (unpaired) electrons. The molecule has 0 amide bonds. The molecule has 3 rings (SSSR count). The van der Waals surface area contributed by atoms with Gasteiger partial charge in [0.25, 0.3) is 0 Å². The maximum atomic E-state index is 11.3. The fourth-order valence-electron chi connectivity index (χ4n) is 2.53. The highest BCUT2D eigenvalue weighted by molar-refractivity contribution is 6.34. The summed E-state index contributed by atoms with van der Waals surface area (Å²) in [5.74, 6) is -1.38. The summed E-state index contributed by atoms with van der Waals surface area (Å²) in [6, 6.07) is 10.4. The number of nitrogens with one attached hydrogen (secondary N) is 1. The van der Waals surface area contributed by atoms with E-state index in [1.807, 2.05) is 0 Å². The van der Waals surface area contributed by atoms with E-state index in [0.29, 0.717) is 27.2 Å². The highest BCUT2D eigenvalue weighted by Gasteiger charge is 2.14. The van der Waals surface area contributed by atoms with Crippen LogP contribution in [-0.4, -0.2) is 33.7 Å². The molecule has 0 spiro atoms. The number of H-pyrrole nitrogens is 1. The Kier molecular flexibility index (Phi) is 4.63. The van der Waals surface area contributed by atoms with E-state index in [4.69, 9.17) is 21.4 Å². The number of carboxylic acid groups (broad SMARTS) is 2. The Bertz CT molecular complexity index is 946. The van der Waals surface area contributed by atoms with Gasteiger partial charge in [0, 0.05) is 22.7 Å². The lowest BCUT2D eigenvalue weighted by molar-refractivity contribution is -0.137. The normalized spacial score (nSPS) is 10.8. The first kappa shape index (κ1) is 16.9. The Morgan fingerprint density at radius 3 is 2.48 bits per heavy atom. The fraction of sp³-hybridized carbons (Fsp3) is 0.111. The first-order chi connectivity index (χ1) is 12.0. The third kappa shape index (κ3) is 3.59. The average molecular weight is 360 g/mol. The molecule has 0 bridgehead atoms. The number of carboxylic acids is 2. The lowest BCUT2D eigenvalue weighted by Crippen LogP contribution is -2.04. The molecule has 3 aromatic rings. The SMILES string of the molecule is O=C(O)CCOc1ccc(-c2cc3c(C(=O)O)c[nH]c3cc2Cl)cc1. The lowest BCUT2D eigenvalue weighted by atomic mass is 10.0. The van der Waals surface area contributed by atoms with Gasteiger partial charge in [-0.15, -0.1) is 0 Å². The lowest BCUT2D eigenvalue weighted by Gasteiger charge is -2.08. The topological polar surface area (TPSA) is 99.6 Å². The van der Waals surface area contributed by atoms with Crippen LogP contribution in [0.2, 0.25) is 5.02 Å². The smallest absolute Gasteiger partial charge is 0.337 e. The van der Waals surface area contributed by atoms with E-state index in [0.717, 1.165) is 5.56 Å². The minimum atomic E-state index is -1.01. The molecule has 6 nitrogen and oxygen atoms in total. The number of benzene rings is 2. The second-order valence-corrected chi connectivity index (χ2v) is 5.81. The summed E-state index contributed by atoms with van der Waals surface area (Å²) < 4.78 is 5.35. The van der Waals surface area contributed by atoms with Gasteiger partial charge in [-0.25, -0.2) is 4.79 Å². The largest absolute Gasteiger partial charge is 0.493 e. The van der Waals surface area contributed by atoms with Gasteiger partial charge in [-0.3, -0.25) is 4.79 Å². The van der Waals surface area contributed by atoms with E-state index in [1.165, 1.54) is 6.20 Å². The number of aromatic nitrogens is 1. The van der Waals surface area contributed by atoms with Crippen LogP contribution in [0.25, 0.3) is 22.0 Å². The van der Waals surface area contributed by atoms with Gasteiger partial charge in [-0.2, -0.15) is 0 Å². The van der Waals surface area contributed by atoms with Crippen LogP contribution in [0.1, 0.15) is 16.8 Å². The Morgan fingerprint density at radius 1 is 1.12 bits per heavy atom. The fourth-order valence-corrected chi connectivity index (χ4v) is 2.80. The molecule has 0 unspecified atom stereocenters. The number of ether oxygens (including phenoxy) is 1. The van der Waals surface area contributed by atoms with Gasteiger partial charge in [0.2, 0.25) is 0 Å². The van der Waals surface area contributed by atoms with Crippen LogP contribution in [-0.2, 0) is 4.79 Å². The molecular formula is C18H14ClNO5. The zero-order chi connectivity index (χ0) is 18.0. The summed E-state index contributed by atoms with van der Waals surface area (Å²) in [6.45, 7) is 0.0900. The predicted molar refractivity (Wildman–Crippen MR) is 93.5 cm³/mol. The van der Waals surface area contributed by atoms with Gasteiger partial charge in [-0.1, -0.05) is 23.7 Å². The molecule has 7 heteroatoms. The highest BCUT2D eigenvalue weighted by Crippen LogP contribution is 2.34. The van der Waals surface area contributed by atoms with Crippen molar-refractivity contribution in [2.24, 2.45) is 0 Å². The summed E-state index contributed by atoms with van der Waals surface area (Å²) in [5, 5.41) is 18.9. The predicted octanol–water partition coefficient (Wildman–Crippen LogP) is 4.04. The van der Waals surface area contributed by atoms with Gasteiger partial charge in [0.1, 0.15) is 5.75 Å². The number of rotatable bonds is 6. The van der Waals surface area contributed by atoms with Crippen LogP contribution in [0.4, 0.5) is 0 Å². The Hall–Kier alpha value is -2.99. The van der Waals surface area contributed by atoms with Crippen LogP contribution in [0.5, 0.6) is 5.75 Å². The van der Waals surface area contributed by atoms with E-state index in [1.54, 1.807) is 36.4 Å². The molecule has 128 valence electrons. The van der Waals surface area contributed by atoms with Crippen molar-refractivity contribution in [1.29, 1.82) is 0 Å². The van der Waals surface area contributed by atoms with Crippen LogP contribution < -0.4 is 4.74 Å². The molecule has 0 aliphatic rings. The Morgan fingerprint density at radius 2 is 1.84 bits per heavy atom. The van der Waals surface area contributed by atoms with E-state index in [-0.39, 0.29) is 18.6 Å². The highest BCUT2D eigenvalue weighted by atomic mass is 35.5. The molecule has 0 aliphatic carbocycles. The maximum absolute atomic E-state index is 11.3. The van der Waals surface area contributed by atoms with Crippen molar-refractivity contribution < 1.29 is 24.5 Å².